The monoisotopic (exact) mass is 234 g/mol. The van der Waals surface area contributed by atoms with Crippen molar-refractivity contribution in [2.45, 2.75) is 6.42 Å². The topological polar surface area (TPSA) is 16.1 Å². The number of fused-ring (bicyclic) bond motifs is 1. The van der Waals surface area contributed by atoms with E-state index in [1.807, 2.05) is 12.3 Å². The lowest BCUT2D eigenvalue weighted by atomic mass is 10.3. The zero-order valence-electron chi connectivity index (χ0n) is 5.83. The summed E-state index contributed by atoms with van der Waals surface area (Å²) in [5.41, 5.74) is 2.40. The van der Waals surface area contributed by atoms with Crippen LogP contribution < -0.4 is 3.93 Å². The van der Waals surface area contributed by atoms with Crippen LogP contribution in [0.3, 0.4) is 0 Å². The molecule has 0 amide bonds. The number of hydrogen-bond acceptors (Lipinski definition) is 2. The summed E-state index contributed by atoms with van der Waals surface area (Å²) >= 11 is 3.43. The zero-order valence-corrected chi connectivity index (χ0v) is 8.23. The van der Waals surface area contributed by atoms with Crippen LogP contribution in [0.15, 0.2) is 18.3 Å². The van der Waals surface area contributed by atoms with E-state index in [9.17, 15) is 0 Å². The largest absolute Gasteiger partial charge is 0.307 e. The fourth-order valence-corrected chi connectivity index (χ4v) is 1.67. The van der Waals surface area contributed by atoms with E-state index in [4.69, 9.17) is 0 Å². The number of halogens is 2. The zero-order chi connectivity index (χ0) is 6.97. The van der Waals surface area contributed by atoms with E-state index in [1.54, 1.807) is 0 Å². The Kier molecular flexibility index (Phi) is 2.73. The number of aromatic nitrogens is 1. The molecule has 0 N–H and O–H groups in total. The highest BCUT2D eigenvalue weighted by molar-refractivity contribution is 9.10. The minimum absolute atomic E-state index is 0. The normalized spacial score (nSPS) is 14.1. The lowest BCUT2D eigenvalue weighted by molar-refractivity contribution is 1.02. The van der Waals surface area contributed by atoms with Gasteiger partial charge in [0.2, 0.25) is 0 Å². The summed E-state index contributed by atoms with van der Waals surface area (Å²) in [6, 6.07) is 4.03. The fourth-order valence-electron chi connectivity index (χ4n) is 1.17. The molecule has 1 aliphatic rings. The maximum absolute atomic E-state index is 4.24. The number of nitrogens with zero attached hydrogens (tertiary/aromatic N) is 2. The maximum atomic E-state index is 4.24. The molecule has 0 saturated heterocycles. The Labute approximate surface area is 80.4 Å². The molecule has 11 heavy (non-hydrogen) atoms. The molecule has 0 spiro atoms. The number of hydrogen-bond donors (Lipinski definition) is 0. The van der Waals surface area contributed by atoms with Crippen LogP contribution in [0.1, 0.15) is 5.69 Å². The van der Waals surface area contributed by atoms with Crippen molar-refractivity contribution in [2.24, 2.45) is 0 Å². The minimum Gasteiger partial charge on any atom is -0.307 e. The summed E-state index contributed by atoms with van der Waals surface area (Å²) in [4.78, 5) is 4.24. The average molecular weight is 236 g/mol. The van der Waals surface area contributed by atoms with E-state index in [2.05, 4.69) is 31.1 Å². The molecule has 0 unspecified atom stereocenters. The van der Waals surface area contributed by atoms with Crippen molar-refractivity contribution in [2.75, 3.05) is 10.5 Å². The number of rotatable bonds is 0. The molecule has 0 bridgehead atoms. The molecule has 0 radical (unpaired) electrons. The van der Waals surface area contributed by atoms with E-state index < -0.39 is 0 Å². The van der Waals surface area contributed by atoms with E-state index >= 15 is 0 Å². The Morgan fingerprint density at radius 3 is 3.09 bits per heavy atom. The van der Waals surface area contributed by atoms with Crippen LogP contribution in [0.4, 0.5) is 5.69 Å². The van der Waals surface area contributed by atoms with Gasteiger partial charge in [-0.2, -0.15) is 0 Å². The quantitative estimate of drug-likeness (QED) is 0.641. The van der Waals surface area contributed by atoms with Gasteiger partial charge in [-0.25, -0.2) is 0 Å². The van der Waals surface area contributed by atoms with Crippen molar-refractivity contribution in [3.8, 4) is 0 Å². The molecular weight excluding hydrogens is 227 g/mol. The van der Waals surface area contributed by atoms with Crippen molar-refractivity contribution < 1.29 is 0 Å². The molecule has 2 heterocycles. The van der Waals surface area contributed by atoms with Gasteiger partial charge in [0.05, 0.1) is 11.4 Å². The van der Waals surface area contributed by atoms with Crippen molar-refractivity contribution in [1.29, 1.82) is 0 Å². The first-order valence-corrected chi connectivity index (χ1v) is 3.96. The summed E-state index contributed by atoms with van der Waals surface area (Å²) in [5, 5.41) is 0. The lowest BCUT2D eigenvalue weighted by Gasteiger charge is -2.06. The fraction of sp³-hybridized carbons (Fsp3) is 0.286. The molecule has 0 fully saturated rings. The first kappa shape index (κ1) is 8.81. The van der Waals surface area contributed by atoms with Gasteiger partial charge < -0.3 is 3.93 Å². The van der Waals surface area contributed by atoms with E-state index in [0.717, 1.165) is 13.0 Å². The first-order chi connectivity index (χ1) is 4.88. The van der Waals surface area contributed by atoms with Crippen LogP contribution in [0, 0.1) is 0 Å². The van der Waals surface area contributed by atoms with Gasteiger partial charge in [-0.05, 0) is 12.1 Å². The molecule has 0 aliphatic carbocycles. The third kappa shape index (κ3) is 1.49. The highest BCUT2D eigenvalue weighted by atomic mass is 79.9. The Balaban J connectivity index is 0.000000605. The van der Waals surface area contributed by atoms with E-state index in [1.165, 1.54) is 11.4 Å². The Hall–Kier alpha value is -0.280. The second-order valence-electron chi connectivity index (χ2n) is 2.30. The SMILES string of the molecule is BrN1CCc2ncccc21.Cl. The second kappa shape index (κ2) is 3.41. The molecule has 1 aromatic heterocycles. The summed E-state index contributed by atoms with van der Waals surface area (Å²) in [7, 11) is 0. The molecule has 2 nitrogen and oxygen atoms in total. The van der Waals surface area contributed by atoms with Gasteiger partial charge in [-0.3, -0.25) is 4.98 Å². The predicted octanol–water partition coefficient (Wildman–Crippen LogP) is 2.18. The highest BCUT2D eigenvalue weighted by Crippen LogP contribution is 2.27. The third-order valence-electron chi connectivity index (χ3n) is 1.67. The van der Waals surface area contributed by atoms with Crippen LogP contribution in [0.5, 0.6) is 0 Å². The molecule has 1 aromatic rings. The minimum atomic E-state index is 0. The predicted molar refractivity (Wildman–Crippen MR) is 51.5 cm³/mol. The lowest BCUT2D eigenvalue weighted by Crippen LogP contribution is -2.03. The van der Waals surface area contributed by atoms with Crippen molar-refractivity contribution in [3.05, 3.63) is 24.0 Å². The molecule has 60 valence electrons. The highest BCUT2D eigenvalue weighted by Gasteiger charge is 2.16. The van der Waals surface area contributed by atoms with Gasteiger partial charge in [0.15, 0.2) is 0 Å². The molecule has 1 aliphatic heterocycles. The Bertz CT molecular complexity index is 254. The van der Waals surface area contributed by atoms with Crippen molar-refractivity contribution in [1.82, 2.24) is 4.98 Å². The van der Waals surface area contributed by atoms with Crippen molar-refractivity contribution >= 4 is 34.2 Å². The van der Waals surface area contributed by atoms with Gasteiger partial charge in [0, 0.05) is 35.3 Å². The molecule has 0 saturated carbocycles. The third-order valence-corrected chi connectivity index (χ3v) is 2.41. The molecule has 2 rings (SSSR count). The number of anilines is 1. The summed E-state index contributed by atoms with van der Waals surface area (Å²) in [6.07, 6.45) is 2.90. The Morgan fingerprint density at radius 1 is 1.55 bits per heavy atom. The second-order valence-corrected chi connectivity index (χ2v) is 3.16. The van der Waals surface area contributed by atoms with Gasteiger partial charge in [0.1, 0.15) is 0 Å². The first-order valence-electron chi connectivity index (χ1n) is 3.25. The smallest absolute Gasteiger partial charge is 0.0687 e. The van der Waals surface area contributed by atoms with Crippen LogP contribution in [-0.4, -0.2) is 11.5 Å². The summed E-state index contributed by atoms with van der Waals surface area (Å²) in [6.45, 7) is 1.03. The van der Waals surface area contributed by atoms with Crippen LogP contribution >= 0.6 is 28.6 Å². The summed E-state index contributed by atoms with van der Waals surface area (Å²) in [5.74, 6) is 0. The maximum Gasteiger partial charge on any atom is 0.0687 e. The molecular formula is C7H8BrClN2. The molecule has 4 heteroatoms. The molecule has 0 atom stereocenters. The average Bonchev–Trinajstić information content (AvgIpc) is 2.34. The van der Waals surface area contributed by atoms with Crippen molar-refractivity contribution in [3.63, 3.8) is 0 Å². The molecule has 0 aromatic carbocycles. The van der Waals surface area contributed by atoms with Crippen LogP contribution in [-0.2, 0) is 6.42 Å². The van der Waals surface area contributed by atoms with Gasteiger partial charge in [-0.1, -0.05) is 0 Å². The van der Waals surface area contributed by atoms with E-state index in [-0.39, 0.29) is 12.4 Å². The van der Waals surface area contributed by atoms with Crippen LogP contribution in [0.2, 0.25) is 0 Å². The van der Waals surface area contributed by atoms with Gasteiger partial charge in [-0.15, -0.1) is 12.4 Å². The Morgan fingerprint density at radius 2 is 2.36 bits per heavy atom. The summed E-state index contributed by atoms with van der Waals surface area (Å²) < 4.78 is 2.05. The van der Waals surface area contributed by atoms with Gasteiger partial charge >= 0.3 is 0 Å². The number of pyridine rings is 1. The van der Waals surface area contributed by atoms with Gasteiger partial charge in [0.25, 0.3) is 0 Å². The van der Waals surface area contributed by atoms with E-state index in [0.29, 0.717) is 0 Å². The van der Waals surface area contributed by atoms with Crippen LogP contribution in [0.25, 0.3) is 0 Å². The standard InChI is InChI=1S/C7H7BrN2.ClH/c8-10-5-3-6-7(10)2-1-4-9-6;/h1-2,4H,3,5H2;1H.